The predicted molar refractivity (Wildman–Crippen MR) is 124 cm³/mol. The Morgan fingerprint density at radius 3 is 1.50 bits per heavy atom. The first-order valence-electron chi connectivity index (χ1n) is 12.2. The maximum Gasteiger partial charge on any atom is 0.0768 e. The summed E-state index contributed by atoms with van der Waals surface area (Å²) in [5.41, 5.74) is 1.50. The largest absolute Gasteiger partial charge is 0.870 e. The van der Waals surface area contributed by atoms with Crippen molar-refractivity contribution in [2.45, 2.75) is 110 Å². The highest BCUT2D eigenvalue weighted by molar-refractivity contribution is 5.14. The van der Waals surface area contributed by atoms with Gasteiger partial charge in [0.25, 0.3) is 0 Å². The van der Waals surface area contributed by atoms with Crippen LogP contribution >= 0.6 is 0 Å². The van der Waals surface area contributed by atoms with E-state index < -0.39 is 0 Å². The number of hydrogen-bond donors (Lipinski definition) is 1. The second-order valence-electron chi connectivity index (χ2n) is 8.64. The summed E-state index contributed by atoms with van der Waals surface area (Å²) in [6, 6.07) is 10.9. The molecular weight excluding hydrogens is 342 g/mol. The summed E-state index contributed by atoms with van der Waals surface area (Å²) in [5, 5.41) is 0. The summed E-state index contributed by atoms with van der Waals surface area (Å²) in [5.74, 6) is 0. The summed E-state index contributed by atoms with van der Waals surface area (Å²) in [7, 11) is 2.39. The van der Waals surface area contributed by atoms with Gasteiger partial charge < -0.3 is 10.4 Å². The highest BCUT2D eigenvalue weighted by Gasteiger charge is 2.02. The van der Waals surface area contributed by atoms with Gasteiger partial charge in [-0.05, 0) is 44.1 Å². The molecule has 0 aliphatic rings. The number of aryl methyl sites for hydroxylation is 1. The minimum atomic E-state index is 0. The average molecular weight is 392 g/mol. The predicted octanol–water partition coefficient (Wildman–Crippen LogP) is 6.44. The molecular formula is C26H49NO. The highest BCUT2D eigenvalue weighted by atomic mass is 16.0. The SMILES string of the molecule is CCCCCCCCCC[NH+](C)CCCCCCCCCc1ccccc1.[OH-]. The molecule has 164 valence electrons. The van der Waals surface area contributed by atoms with Gasteiger partial charge in [-0.3, -0.25) is 0 Å². The molecule has 1 atom stereocenters. The lowest BCUT2D eigenvalue weighted by Crippen LogP contribution is -3.09. The van der Waals surface area contributed by atoms with Gasteiger partial charge in [-0.1, -0.05) is 101 Å². The van der Waals surface area contributed by atoms with Gasteiger partial charge in [-0.2, -0.15) is 0 Å². The Balaban J connectivity index is 0.00000729. The molecule has 0 bridgehead atoms. The Morgan fingerprint density at radius 2 is 1.00 bits per heavy atom. The van der Waals surface area contributed by atoms with E-state index in [9.17, 15) is 0 Å². The Hall–Kier alpha value is -0.860. The molecule has 0 spiro atoms. The number of quaternary nitrogens is 1. The first kappa shape index (κ1) is 27.1. The van der Waals surface area contributed by atoms with Crippen LogP contribution in [-0.2, 0) is 6.42 Å². The molecule has 1 aromatic carbocycles. The fourth-order valence-electron chi connectivity index (χ4n) is 3.97. The minimum Gasteiger partial charge on any atom is -0.870 e. The summed E-state index contributed by atoms with van der Waals surface area (Å²) < 4.78 is 0. The van der Waals surface area contributed by atoms with Crippen LogP contribution in [-0.4, -0.2) is 25.6 Å². The summed E-state index contributed by atoms with van der Waals surface area (Å²) in [6.07, 6.45) is 22.7. The van der Waals surface area contributed by atoms with Gasteiger partial charge in [-0.15, -0.1) is 0 Å². The van der Waals surface area contributed by atoms with Crippen LogP contribution in [0.4, 0.5) is 0 Å². The van der Waals surface area contributed by atoms with Crippen LogP contribution in [0.2, 0.25) is 0 Å². The van der Waals surface area contributed by atoms with Crippen molar-refractivity contribution >= 4 is 0 Å². The van der Waals surface area contributed by atoms with E-state index in [-0.39, 0.29) is 5.48 Å². The van der Waals surface area contributed by atoms with Crippen LogP contribution in [0.5, 0.6) is 0 Å². The fourth-order valence-corrected chi connectivity index (χ4v) is 3.97. The monoisotopic (exact) mass is 391 g/mol. The van der Waals surface area contributed by atoms with Crippen LogP contribution in [0, 0.1) is 0 Å². The zero-order chi connectivity index (χ0) is 19.4. The van der Waals surface area contributed by atoms with Gasteiger partial charge in [-0.25, -0.2) is 0 Å². The first-order chi connectivity index (χ1) is 13.3. The van der Waals surface area contributed by atoms with Crippen LogP contribution < -0.4 is 4.90 Å². The Morgan fingerprint density at radius 1 is 0.571 bits per heavy atom. The lowest BCUT2D eigenvalue weighted by Gasteiger charge is -2.13. The maximum absolute atomic E-state index is 2.39. The lowest BCUT2D eigenvalue weighted by atomic mass is 10.0. The van der Waals surface area contributed by atoms with E-state index in [1.54, 1.807) is 4.90 Å². The number of rotatable bonds is 19. The van der Waals surface area contributed by atoms with E-state index in [0.29, 0.717) is 0 Å². The molecule has 1 rings (SSSR count). The molecule has 0 aliphatic carbocycles. The quantitative estimate of drug-likeness (QED) is 0.271. The third-order valence-corrected chi connectivity index (χ3v) is 5.87. The van der Waals surface area contributed by atoms with Crippen molar-refractivity contribution in [3.05, 3.63) is 35.9 Å². The maximum atomic E-state index is 2.39. The van der Waals surface area contributed by atoms with Crippen molar-refractivity contribution in [2.75, 3.05) is 20.1 Å². The number of nitrogens with one attached hydrogen (secondary N) is 1. The fraction of sp³-hybridized carbons (Fsp3) is 0.769. The van der Waals surface area contributed by atoms with E-state index in [2.05, 4.69) is 44.3 Å². The van der Waals surface area contributed by atoms with Gasteiger partial charge in [0.2, 0.25) is 0 Å². The molecule has 0 saturated carbocycles. The molecule has 0 aliphatic heterocycles. The van der Waals surface area contributed by atoms with E-state index in [0.717, 1.165) is 0 Å². The second kappa shape index (κ2) is 20.9. The Labute approximate surface area is 176 Å². The third kappa shape index (κ3) is 17.3. The van der Waals surface area contributed by atoms with Gasteiger partial charge in [0.15, 0.2) is 0 Å². The normalized spacial score (nSPS) is 11.9. The van der Waals surface area contributed by atoms with Crippen LogP contribution in [0.15, 0.2) is 30.3 Å². The van der Waals surface area contributed by atoms with Crippen LogP contribution in [0.3, 0.4) is 0 Å². The zero-order valence-electron chi connectivity index (χ0n) is 19.1. The van der Waals surface area contributed by atoms with E-state index in [1.165, 1.54) is 121 Å². The Bertz CT molecular complexity index is 406. The van der Waals surface area contributed by atoms with Gasteiger partial charge in [0.05, 0.1) is 20.1 Å². The number of benzene rings is 1. The molecule has 1 unspecified atom stereocenters. The van der Waals surface area contributed by atoms with E-state index >= 15 is 0 Å². The molecule has 0 saturated heterocycles. The van der Waals surface area contributed by atoms with Crippen molar-refractivity contribution in [1.29, 1.82) is 0 Å². The summed E-state index contributed by atoms with van der Waals surface area (Å²) >= 11 is 0. The first-order valence-corrected chi connectivity index (χ1v) is 12.2. The number of unbranched alkanes of at least 4 members (excludes halogenated alkanes) is 13. The summed E-state index contributed by atoms with van der Waals surface area (Å²) in [4.78, 5) is 1.75. The molecule has 0 radical (unpaired) electrons. The smallest absolute Gasteiger partial charge is 0.0768 e. The third-order valence-electron chi connectivity index (χ3n) is 5.87. The van der Waals surface area contributed by atoms with Crippen molar-refractivity contribution in [1.82, 2.24) is 0 Å². The van der Waals surface area contributed by atoms with E-state index in [4.69, 9.17) is 0 Å². The van der Waals surface area contributed by atoms with Crippen molar-refractivity contribution in [2.24, 2.45) is 0 Å². The molecule has 0 amide bonds. The average Bonchev–Trinajstić information content (AvgIpc) is 2.69. The molecule has 2 nitrogen and oxygen atoms in total. The van der Waals surface area contributed by atoms with Crippen molar-refractivity contribution < 1.29 is 10.4 Å². The summed E-state index contributed by atoms with van der Waals surface area (Å²) in [6.45, 7) is 5.06. The topological polar surface area (TPSA) is 34.4 Å². The molecule has 28 heavy (non-hydrogen) atoms. The molecule has 0 aromatic heterocycles. The number of hydrogen-bond acceptors (Lipinski definition) is 1. The minimum absolute atomic E-state index is 0. The molecule has 0 heterocycles. The second-order valence-corrected chi connectivity index (χ2v) is 8.64. The molecule has 0 fully saturated rings. The van der Waals surface area contributed by atoms with Gasteiger partial charge in [0, 0.05) is 0 Å². The molecule has 2 heteroatoms. The van der Waals surface area contributed by atoms with Crippen molar-refractivity contribution in [3.8, 4) is 0 Å². The van der Waals surface area contributed by atoms with Crippen molar-refractivity contribution in [3.63, 3.8) is 0 Å². The zero-order valence-corrected chi connectivity index (χ0v) is 19.1. The van der Waals surface area contributed by atoms with Crippen LogP contribution in [0.1, 0.15) is 109 Å². The molecule has 1 aromatic rings. The van der Waals surface area contributed by atoms with Gasteiger partial charge >= 0.3 is 0 Å². The van der Waals surface area contributed by atoms with E-state index in [1.807, 2.05) is 0 Å². The standard InChI is InChI=1S/C26H47N.H2O/c1-3-4-5-6-7-10-13-19-24-27(2)25-20-14-11-8-9-12-16-21-26-22-17-15-18-23-26;/h15,17-18,22-23H,3-14,16,19-21,24-25H2,1-2H3;1H2. The lowest BCUT2D eigenvalue weighted by molar-refractivity contribution is -0.880. The highest BCUT2D eigenvalue weighted by Crippen LogP contribution is 2.10. The van der Waals surface area contributed by atoms with Gasteiger partial charge in [0.1, 0.15) is 0 Å². The Kier molecular flexibility index (Phi) is 20.2. The molecule has 2 N–H and O–H groups in total. The van der Waals surface area contributed by atoms with Crippen LogP contribution in [0.25, 0.3) is 0 Å².